The van der Waals surface area contributed by atoms with Crippen LogP contribution in [0.1, 0.15) is 27.6 Å². The van der Waals surface area contributed by atoms with Crippen LogP contribution in [-0.2, 0) is 6.42 Å². The zero-order chi connectivity index (χ0) is 14.3. The third-order valence-corrected chi connectivity index (χ3v) is 5.12. The van der Waals surface area contributed by atoms with Gasteiger partial charge in [-0.3, -0.25) is 0 Å². The van der Waals surface area contributed by atoms with Gasteiger partial charge in [-0.1, -0.05) is 39.7 Å². The number of halogens is 3. The van der Waals surface area contributed by atoms with Crippen LogP contribution >= 0.6 is 39.1 Å². The zero-order valence-corrected chi connectivity index (χ0v) is 14.0. The zero-order valence-electron chi connectivity index (χ0n) is 10.9. The second kappa shape index (κ2) is 5.59. The number of fused-ring (bicyclic) bond motifs is 1. The molecule has 0 spiro atoms. The predicted molar refractivity (Wildman–Crippen MR) is 87.2 cm³/mol. The highest BCUT2D eigenvalue weighted by Crippen LogP contribution is 2.41. The Morgan fingerprint density at radius 2 is 2.05 bits per heavy atom. The first-order chi connectivity index (χ1) is 9.56. The maximum Gasteiger partial charge on any atom is 0.127 e. The Kier molecular flexibility index (Phi) is 3.98. The number of benzene rings is 2. The van der Waals surface area contributed by atoms with Crippen molar-refractivity contribution in [3.05, 3.63) is 62.1 Å². The monoisotopic (exact) mass is 370 g/mol. The van der Waals surface area contributed by atoms with Crippen molar-refractivity contribution in [1.29, 1.82) is 0 Å². The van der Waals surface area contributed by atoms with Crippen LogP contribution in [0, 0.1) is 6.92 Å². The largest absolute Gasteiger partial charge is 0.493 e. The summed E-state index contributed by atoms with van der Waals surface area (Å²) < 4.78 is 6.81. The van der Waals surface area contributed by atoms with Gasteiger partial charge in [-0.25, -0.2) is 0 Å². The summed E-state index contributed by atoms with van der Waals surface area (Å²) in [7, 11) is 0. The van der Waals surface area contributed by atoms with Crippen molar-refractivity contribution in [2.75, 3.05) is 6.61 Å². The summed E-state index contributed by atoms with van der Waals surface area (Å²) in [5.41, 5.74) is 4.31. The van der Waals surface area contributed by atoms with Crippen LogP contribution < -0.4 is 4.74 Å². The Bertz CT molecular complexity index is 670. The molecular weight excluding hydrogens is 359 g/mol. The van der Waals surface area contributed by atoms with Gasteiger partial charge in [-0.15, -0.1) is 11.6 Å². The molecule has 0 aliphatic carbocycles. The van der Waals surface area contributed by atoms with Gasteiger partial charge in [0, 0.05) is 21.5 Å². The Hall–Kier alpha value is -0.700. The summed E-state index contributed by atoms with van der Waals surface area (Å²) in [6, 6.07) is 10.00. The summed E-state index contributed by atoms with van der Waals surface area (Å²) in [6.45, 7) is 2.75. The summed E-state index contributed by atoms with van der Waals surface area (Å²) in [6.07, 6.45) is 0.895. The smallest absolute Gasteiger partial charge is 0.127 e. The molecule has 0 fully saturated rings. The molecule has 1 unspecified atom stereocenters. The Balaban J connectivity index is 2.06. The number of aryl methyl sites for hydroxylation is 1. The second-order valence-electron chi connectivity index (χ2n) is 4.95. The van der Waals surface area contributed by atoms with Crippen molar-refractivity contribution in [3.8, 4) is 5.75 Å². The van der Waals surface area contributed by atoms with Crippen LogP contribution in [0.5, 0.6) is 5.75 Å². The molecule has 1 aliphatic rings. The molecule has 0 saturated carbocycles. The average molecular weight is 372 g/mol. The molecule has 20 heavy (non-hydrogen) atoms. The quantitative estimate of drug-likeness (QED) is 0.617. The molecule has 0 saturated heterocycles. The number of ether oxygens (including phenoxy) is 1. The lowest BCUT2D eigenvalue weighted by Crippen LogP contribution is -1.98. The highest BCUT2D eigenvalue weighted by molar-refractivity contribution is 9.10. The van der Waals surface area contributed by atoms with E-state index in [-0.39, 0.29) is 5.38 Å². The molecule has 1 heterocycles. The molecule has 0 aromatic heterocycles. The van der Waals surface area contributed by atoms with Crippen molar-refractivity contribution in [1.82, 2.24) is 0 Å². The Labute approximate surface area is 137 Å². The molecule has 2 aromatic rings. The number of alkyl halides is 1. The number of hydrogen-bond acceptors (Lipinski definition) is 1. The molecule has 1 nitrogen and oxygen atoms in total. The Morgan fingerprint density at radius 3 is 2.80 bits per heavy atom. The molecule has 104 valence electrons. The molecule has 0 N–H and O–H groups in total. The average Bonchev–Trinajstić information content (AvgIpc) is 2.88. The van der Waals surface area contributed by atoms with E-state index in [1.165, 1.54) is 0 Å². The fourth-order valence-corrected chi connectivity index (χ4v) is 3.28. The van der Waals surface area contributed by atoms with Gasteiger partial charge in [0.15, 0.2) is 0 Å². The predicted octanol–water partition coefficient (Wildman–Crippen LogP) is 5.67. The van der Waals surface area contributed by atoms with Crippen molar-refractivity contribution >= 4 is 39.1 Å². The fourth-order valence-electron chi connectivity index (χ4n) is 2.49. The normalized spacial score (nSPS) is 14.8. The highest BCUT2D eigenvalue weighted by atomic mass is 79.9. The molecule has 0 amide bonds. The summed E-state index contributed by atoms with van der Waals surface area (Å²) in [5.74, 6) is 0.898. The van der Waals surface area contributed by atoms with Crippen molar-refractivity contribution in [3.63, 3.8) is 0 Å². The lowest BCUT2D eigenvalue weighted by Gasteiger charge is -2.16. The molecule has 1 atom stereocenters. The van der Waals surface area contributed by atoms with Crippen LogP contribution in [0.3, 0.4) is 0 Å². The van der Waals surface area contributed by atoms with E-state index in [9.17, 15) is 0 Å². The van der Waals surface area contributed by atoms with E-state index >= 15 is 0 Å². The number of rotatable bonds is 2. The first-order valence-electron chi connectivity index (χ1n) is 6.41. The van der Waals surface area contributed by atoms with Crippen LogP contribution in [0.15, 0.2) is 34.8 Å². The standard InChI is InChI=1S/C16H13BrCl2O/c1-9-6-10(2-3-14(9)17)15(19)13-8-12(18)7-11-4-5-20-16(11)13/h2-3,6-8,15H,4-5H2,1H3. The van der Waals surface area contributed by atoms with Crippen molar-refractivity contribution < 1.29 is 4.74 Å². The highest BCUT2D eigenvalue weighted by Gasteiger charge is 2.23. The van der Waals surface area contributed by atoms with Gasteiger partial charge in [0.05, 0.1) is 12.0 Å². The van der Waals surface area contributed by atoms with Gasteiger partial charge in [-0.2, -0.15) is 0 Å². The first kappa shape index (κ1) is 14.2. The van der Waals surface area contributed by atoms with Gasteiger partial charge < -0.3 is 4.74 Å². The van der Waals surface area contributed by atoms with Crippen LogP contribution in [0.2, 0.25) is 5.02 Å². The van der Waals surface area contributed by atoms with Gasteiger partial charge in [0.2, 0.25) is 0 Å². The SMILES string of the molecule is Cc1cc(C(Cl)c2cc(Cl)cc3c2OCC3)ccc1Br. The topological polar surface area (TPSA) is 9.23 Å². The molecule has 3 rings (SSSR count). The third kappa shape index (κ3) is 2.57. The molecule has 1 aliphatic heterocycles. The van der Waals surface area contributed by atoms with E-state index in [0.29, 0.717) is 11.6 Å². The van der Waals surface area contributed by atoms with E-state index in [4.69, 9.17) is 27.9 Å². The summed E-state index contributed by atoms with van der Waals surface area (Å²) >= 11 is 16.4. The maximum atomic E-state index is 6.66. The van der Waals surface area contributed by atoms with E-state index in [0.717, 1.165) is 38.9 Å². The minimum absolute atomic E-state index is 0.257. The fraction of sp³-hybridized carbons (Fsp3) is 0.250. The van der Waals surface area contributed by atoms with Gasteiger partial charge in [0.1, 0.15) is 5.75 Å². The molecule has 4 heteroatoms. The third-order valence-electron chi connectivity index (χ3n) is 3.52. The number of hydrogen-bond donors (Lipinski definition) is 0. The van der Waals surface area contributed by atoms with E-state index < -0.39 is 0 Å². The summed E-state index contributed by atoms with van der Waals surface area (Å²) in [4.78, 5) is 0. The molecular formula is C16H13BrCl2O. The van der Waals surface area contributed by atoms with E-state index in [1.807, 2.05) is 24.3 Å². The molecule has 0 bridgehead atoms. The van der Waals surface area contributed by atoms with Crippen LogP contribution in [0.25, 0.3) is 0 Å². The lowest BCUT2D eigenvalue weighted by atomic mass is 9.99. The van der Waals surface area contributed by atoms with Crippen LogP contribution in [-0.4, -0.2) is 6.61 Å². The minimum atomic E-state index is -0.257. The van der Waals surface area contributed by atoms with Crippen LogP contribution in [0.4, 0.5) is 0 Å². The van der Waals surface area contributed by atoms with Gasteiger partial charge in [0.25, 0.3) is 0 Å². The Morgan fingerprint density at radius 1 is 1.25 bits per heavy atom. The lowest BCUT2D eigenvalue weighted by molar-refractivity contribution is 0.353. The van der Waals surface area contributed by atoms with Gasteiger partial charge >= 0.3 is 0 Å². The van der Waals surface area contributed by atoms with E-state index in [1.54, 1.807) is 0 Å². The van der Waals surface area contributed by atoms with E-state index in [2.05, 4.69) is 28.9 Å². The molecule has 2 aromatic carbocycles. The van der Waals surface area contributed by atoms with Crippen molar-refractivity contribution in [2.24, 2.45) is 0 Å². The first-order valence-corrected chi connectivity index (χ1v) is 8.02. The minimum Gasteiger partial charge on any atom is -0.493 e. The maximum absolute atomic E-state index is 6.66. The van der Waals surface area contributed by atoms with Crippen molar-refractivity contribution in [2.45, 2.75) is 18.7 Å². The van der Waals surface area contributed by atoms with Gasteiger partial charge in [-0.05, 0) is 41.8 Å². The second-order valence-corrected chi connectivity index (χ2v) is 6.68. The summed E-state index contributed by atoms with van der Waals surface area (Å²) in [5, 5.41) is 0.455. The molecule has 0 radical (unpaired) electrons.